The van der Waals surface area contributed by atoms with E-state index in [9.17, 15) is 0 Å². The molecular formula is C14H15N5. The molecule has 2 aromatic heterocycles. The summed E-state index contributed by atoms with van der Waals surface area (Å²) in [6.07, 6.45) is 4.52. The molecule has 3 aromatic rings. The van der Waals surface area contributed by atoms with Crippen LogP contribution >= 0.6 is 0 Å². The van der Waals surface area contributed by atoms with Crippen molar-refractivity contribution in [3.8, 4) is 0 Å². The van der Waals surface area contributed by atoms with E-state index >= 15 is 0 Å². The Bertz CT molecular complexity index is 672. The number of hydrogen-bond donors (Lipinski definition) is 2. The average molecular weight is 253 g/mol. The summed E-state index contributed by atoms with van der Waals surface area (Å²) in [6.45, 7) is 0.673. The van der Waals surface area contributed by atoms with Gasteiger partial charge in [-0.25, -0.2) is 9.50 Å². The van der Waals surface area contributed by atoms with E-state index in [0.717, 1.165) is 23.6 Å². The molecule has 0 aliphatic rings. The number of rotatable bonds is 4. The van der Waals surface area contributed by atoms with Gasteiger partial charge in [-0.05, 0) is 36.7 Å². The van der Waals surface area contributed by atoms with E-state index in [1.165, 1.54) is 5.56 Å². The molecule has 5 heteroatoms. The van der Waals surface area contributed by atoms with Crippen LogP contribution in [0.2, 0.25) is 0 Å². The lowest BCUT2D eigenvalue weighted by molar-refractivity contribution is 0.941. The maximum absolute atomic E-state index is 5.53. The van der Waals surface area contributed by atoms with Crippen molar-refractivity contribution >= 4 is 17.2 Å². The zero-order chi connectivity index (χ0) is 13.1. The third-order valence-corrected chi connectivity index (χ3v) is 2.92. The van der Waals surface area contributed by atoms with E-state index in [4.69, 9.17) is 5.73 Å². The fourth-order valence-corrected chi connectivity index (χ4v) is 1.95. The highest BCUT2D eigenvalue weighted by molar-refractivity contribution is 5.58. The molecule has 0 amide bonds. The van der Waals surface area contributed by atoms with Crippen LogP contribution in [0.5, 0.6) is 0 Å². The van der Waals surface area contributed by atoms with Crippen molar-refractivity contribution in [1.82, 2.24) is 14.6 Å². The van der Waals surface area contributed by atoms with Crippen molar-refractivity contribution in [1.29, 1.82) is 0 Å². The Morgan fingerprint density at radius 3 is 2.74 bits per heavy atom. The molecule has 0 saturated carbocycles. The van der Waals surface area contributed by atoms with Crippen LogP contribution < -0.4 is 11.1 Å². The molecule has 19 heavy (non-hydrogen) atoms. The quantitative estimate of drug-likeness (QED) is 0.746. The Morgan fingerprint density at radius 1 is 1.11 bits per heavy atom. The van der Waals surface area contributed by atoms with Crippen LogP contribution in [-0.2, 0) is 6.42 Å². The Kier molecular flexibility index (Phi) is 3.12. The molecule has 3 N–H and O–H groups in total. The lowest BCUT2D eigenvalue weighted by Gasteiger charge is -2.06. The molecular weight excluding hydrogens is 238 g/mol. The summed E-state index contributed by atoms with van der Waals surface area (Å²) in [6, 6.07) is 12.0. The van der Waals surface area contributed by atoms with Crippen LogP contribution in [0.1, 0.15) is 5.56 Å². The number of hydrogen-bond acceptors (Lipinski definition) is 4. The molecule has 0 fully saturated rings. The van der Waals surface area contributed by atoms with Crippen molar-refractivity contribution in [3.63, 3.8) is 0 Å². The van der Waals surface area contributed by atoms with Crippen molar-refractivity contribution in [2.24, 2.45) is 5.73 Å². The maximum Gasteiger partial charge on any atom is 0.157 e. The predicted octanol–water partition coefficient (Wildman–Crippen LogP) is 1.97. The van der Waals surface area contributed by atoms with Gasteiger partial charge in [0.25, 0.3) is 0 Å². The molecule has 0 aliphatic carbocycles. The van der Waals surface area contributed by atoms with E-state index in [-0.39, 0.29) is 0 Å². The highest BCUT2D eigenvalue weighted by atomic mass is 15.2. The van der Waals surface area contributed by atoms with E-state index in [1.807, 2.05) is 30.5 Å². The van der Waals surface area contributed by atoms with Gasteiger partial charge in [0.15, 0.2) is 5.65 Å². The van der Waals surface area contributed by atoms with Gasteiger partial charge in [0.05, 0.1) is 6.20 Å². The first-order valence-corrected chi connectivity index (χ1v) is 6.21. The first kappa shape index (κ1) is 11.7. The third-order valence-electron chi connectivity index (χ3n) is 2.92. The van der Waals surface area contributed by atoms with Gasteiger partial charge >= 0.3 is 0 Å². The second-order valence-corrected chi connectivity index (χ2v) is 4.31. The molecule has 1 aromatic carbocycles. The summed E-state index contributed by atoms with van der Waals surface area (Å²) in [4.78, 5) is 4.46. The number of nitrogens with two attached hydrogens (primary N) is 1. The predicted molar refractivity (Wildman–Crippen MR) is 75.5 cm³/mol. The Morgan fingerprint density at radius 2 is 1.95 bits per heavy atom. The molecule has 96 valence electrons. The third kappa shape index (κ3) is 2.56. The zero-order valence-corrected chi connectivity index (χ0v) is 10.5. The highest BCUT2D eigenvalue weighted by Crippen LogP contribution is 2.16. The SMILES string of the molecule is NCCc1ccc(Nc2ccn3nccc3n2)cc1. The molecule has 3 rings (SSSR count). The second-order valence-electron chi connectivity index (χ2n) is 4.31. The van der Waals surface area contributed by atoms with Crippen LogP contribution in [0.25, 0.3) is 5.65 Å². The van der Waals surface area contributed by atoms with E-state index < -0.39 is 0 Å². The zero-order valence-electron chi connectivity index (χ0n) is 10.5. The van der Waals surface area contributed by atoms with Gasteiger partial charge in [0.1, 0.15) is 5.82 Å². The first-order chi connectivity index (χ1) is 9.35. The molecule has 0 bridgehead atoms. The van der Waals surface area contributed by atoms with Crippen molar-refractivity contribution in [3.05, 3.63) is 54.4 Å². The lowest BCUT2D eigenvalue weighted by Crippen LogP contribution is -2.02. The average Bonchev–Trinajstić information content (AvgIpc) is 2.89. The molecule has 0 aliphatic heterocycles. The molecule has 5 nitrogen and oxygen atoms in total. The van der Waals surface area contributed by atoms with Gasteiger partial charge in [-0.2, -0.15) is 5.10 Å². The lowest BCUT2D eigenvalue weighted by atomic mass is 10.1. The van der Waals surface area contributed by atoms with Gasteiger partial charge in [-0.3, -0.25) is 0 Å². The molecule has 0 saturated heterocycles. The smallest absolute Gasteiger partial charge is 0.157 e. The normalized spacial score (nSPS) is 10.8. The topological polar surface area (TPSA) is 68.2 Å². The summed E-state index contributed by atoms with van der Waals surface area (Å²) >= 11 is 0. The van der Waals surface area contributed by atoms with E-state index in [2.05, 4.69) is 27.5 Å². The summed E-state index contributed by atoms with van der Waals surface area (Å²) in [5.74, 6) is 0.805. The molecule has 2 heterocycles. The van der Waals surface area contributed by atoms with Gasteiger partial charge in [0.2, 0.25) is 0 Å². The summed E-state index contributed by atoms with van der Waals surface area (Å²) < 4.78 is 1.73. The molecule has 0 atom stereocenters. The minimum Gasteiger partial charge on any atom is -0.340 e. The van der Waals surface area contributed by atoms with Gasteiger partial charge < -0.3 is 11.1 Å². The summed E-state index contributed by atoms with van der Waals surface area (Å²) in [7, 11) is 0. The van der Waals surface area contributed by atoms with Gasteiger partial charge in [0, 0.05) is 18.0 Å². The Balaban J connectivity index is 1.79. The van der Waals surface area contributed by atoms with Crippen LogP contribution in [0.15, 0.2) is 48.8 Å². The molecule has 0 spiro atoms. The second kappa shape index (κ2) is 5.07. The fraction of sp³-hybridized carbons (Fsp3) is 0.143. The largest absolute Gasteiger partial charge is 0.340 e. The van der Waals surface area contributed by atoms with E-state index in [0.29, 0.717) is 6.54 Å². The van der Waals surface area contributed by atoms with Crippen LogP contribution in [0.4, 0.5) is 11.5 Å². The minimum absolute atomic E-state index is 0.673. The van der Waals surface area contributed by atoms with Crippen LogP contribution in [0, 0.1) is 0 Å². The van der Waals surface area contributed by atoms with Crippen molar-refractivity contribution in [2.45, 2.75) is 6.42 Å². The summed E-state index contributed by atoms with van der Waals surface area (Å²) in [5, 5.41) is 7.39. The Labute approximate surface area is 111 Å². The van der Waals surface area contributed by atoms with Gasteiger partial charge in [-0.15, -0.1) is 0 Å². The first-order valence-electron chi connectivity index (χ1n) is 6.21. The van der Waals surface area contributed by atoms with Crippen LogP contribution in [-0.4, -0.2) is 21.1 Å². The highest BCUT2D eigenvalue weighted by Gasteiger charge is 1.99. The van der Waals surface area contributed by atoms with Gasteiger partial charge in [-0.1, -0.05) is 12.1 Å². The van der Waals surface area contributed by atoms with E-state index in [1.54, 1.807) is 10.7 Å². The molecule has 0 unspecified atom stereocenters. The van der Waals surface area contributed by atoms with Crippen LogP contribution in [0.3, 0.4) is 0 Å². The Hall–Kier alpha value is -2.40. The molecule has 0 radical (unpaired) electrons. The number of nitrogens with one attached hydrogen (secondary N) is 1. The summed E-state index contributed by atoms with van der Waals surface area (Å²) in [5.41, 5.74) is 8.61. The minimum atomic E-state index is 0.673. The van der Waals surface area contributed by atoms with Crippen molar-refractivity contribution in [2.75, 3.05) is 11.9 Å². The number of benzene rings is 1. The number of nitrogens with zero attached hydrogens (tertiary/aromatic N) is 3. The number of aromatic nitrogens is 3. The number of anilines is 2. The number of fused-ring (bicyclic) bond motifs is 1. The maximum atomic E-state index is 5.53. The standard InChI is InChI=1S/C14H15N5/c15-8-5-11-1-3-12(4-2-11)17-13-7-10-19-14(18-13)6-9-16-19/h1-4,6-7,9-10H,5,8,15H2,(H,17,18). The monoisotopic (exact) mass is 253 g/mol. The van der Waals surface area contributed by atoms with Crippen molar-refractivity contribution < 1.29 is 0 Å². The fourth-order valence-electron chi connectivity index (χ4n) is 1.95.